The van der Waals surface area contributed by atoms with Gasteiger partial charge in [-0.15, -0.1) is 0 Å². The normalized spacial score (nSPS) is 11.7. The van der Waals surface area contributed by atoms with Gasteiger partial charge < -0.3 is 4.74 Å². The second-order valence-corrected chi connectivity index (χ2v) is 8.97. The quantitative estimate of drug-likeness (QED) is 0.541. The van der Waals surface area contributed by atoms with Crippen LogP contribution in [0.1, 0.15) is 0 Å². The van der Waals surface area contributed by atoms with E-state index in [0.29, 0.717) is 0 Å². The fraction of sp³-hybridized carbons (Fsp3) is 0.125. The van der Waals surface area contributed by atoms with Crippen molar-refractivity contribution in [2.24, 2.45) is 0 Å². The van der Waals surface area contributed by atoms with Gasteiger partial charge in [-0.25, -0.2) is 16.8 Å². The average molecular weight is 382 g/mol. The van der Waals surface area contributed by atoms with E-state index in [9.17, 15) is 26.4 Å². The van der Waals surface area contributed by atoms with E-state index < -0.39 is 43.1 Å². The van der Waals surface area contributed by atoms with Crippen LogP contribution < -0.4 is 0 Å². The molecule has 0 radical (unpaired) electrons. The van der Waals surface area contributed by atoms with E-state index in [-0.39, 0.29) is 9.79 Å². The second-order valence-electron chi connectivity index (χ2n) is 4.99. The zero-order chi connectivity index (χ0) is 18.5. The maximum absolute atomic E-state index is 12.0. The van der Waals surface area contributed by atoms with Crippen molar-refractivity contribution in [3.63, 3.8) is 0 Å². The molecule has 2 aromatic carbocycles. The summed E-state index contributed by atoms with van der Waals surface area (Å²) in [4.78, 5) is 23.1. The highest BCUT2D eigenvalue weighted by atomic mass is 32.2. The Hall–Kier alpha value is -2.52. The number of carbonyl (C=O) groups excluding carboxylic acids is 2. The third-order valence-electron chi connectivity index (χ3n) is 3.05. The van der Waals surface area contributed by atoms with Crippen LogP contribution in [-0.2, 0) is 34.0 Å². The summed E-state index contributed by atoms with van der Waals surface area (Å²) < 4.78 is 52.3. The number of ether oxygens (including phenoxy) is 1. The summed E-state index contributed by atoms with van der Waals surface area (Å²) in [5, 5.41) is 0. The highest BCUT2D eigenvalue weighted by molar-refractivity contribution is 7.92. The van der Waals surface area contributed by atoms with Crippen molar-refractivity contribution in [1.29, 1.82) is 0 Å². The molecule has 0 bridgehead atoms. The third-order valence-corrected chi connectivity index (χ3v) is 6.26. The molecular weight excluding hydrogens is 368 g/mol. The summed E-state index contributed by atoms with van der Waals surface area (Å²) >= 11 is 0. The van der Waals surface area contributed by atoms with E-state index in [1.165, 1.54) is 48.5 Å². The Morgan fingerprint density at radius 3 is 1.28 bits per heavy atom. The monoisotopic (exact) mass is 382 g/mol. The molecular formula is C16H14O7S2. The van der Waals surface area contributed by atoms with Gasteiger partial charge in [0.2, 0.25) is 0 Å². The molecule has 2 rings (SSSR count). The van der Waals surface area contributed by atoms with Gasteiger partial charge in [0.1, 0.15) is 0 Å². The molecule has 0 aliphatic carbocycles. The van der Waals surface area contributed by atoms with Crippen LogP contribution in [0.25, 0.3) is 0 Å². The molecule has 7 nitrogen and oxygen atoms in total. The molecule has 0 unspecified atom stereocenters. The van der Waals surface area contributed by atoms with Crippen molar-refractivity contribution in [2.45, 2.75) is 9.79 Å². The molecule has 0 fully saturated rings. The summed E-state index contributed by atoms with van der Waals surface area (Å²) in [6.45, 7) is 0. The maximum Gasteiger partial charge on any atom is 0.329 e. The van der Waals surface area contributed by atoms with Crippen LogP contribution in [0.5, 0.6) is 0 Å². The predicted molar refractivity (Wildman–Crippen MR) is 88.1 cm³/mol. The lowest BCUT2D eigenvalue weighted by Gasteiger charge is -2.06. The molecule has 0 saturated carbocycles. The SMILES string of the molecule is O=C(CS(=O)(=O)c1ccccc1)OC(=O)CS(=O)(=O)c1ccccc1. The molecule has 0 amide bonds. The van der Waals surface area contributed by atoms with Gasteiger partial charge in [0.25, 0.3) is 0 Å². The van der Waals surface area contributed by atoms with Crippen LogP contribution in [-0.4, -0.2) is 40.3 Å². The van der Waals surface area contributed by atoms with Crippen molar-refractivity contribution >= 4 is 31.6 Å². The summed E-state index contributed by atoms with van der Waals surface area (Å²) in [6, 6.07) is 14.3. The molecule has 0 aliphatic heterocycles. The van der Waals surface area contributed by atoms with Crippen molar-refractivity contribution in [2.75, 3.05) is 11.5 Å². The summed E-state index contributed by atoms with van der Waals surface area (Å²) in [6.07, 6.45) is 0. The molecule has 0 N–H and O–H groups in total. The molecule has 9 heteroatoms. The lowest BCUT2D eigenvalue weighted by Crippen LogP contribution is -2.26. The van der Waals surface area contributed by atoms with Gasteiger partial charge in [-0.05, 0) is 24.3 Å². The fourth-order valence-electron chi connectivity index (χ4n) is 1.92. The molecule has 25 heavy (non-hydrogen) atoms. The average Bonchev–Trinajstić information content (AvgIpc) is 2.55. The minimum absolute atomic E-state index is 0.101. The van der Waals surface area contributed by atoms with E-state index in [1.807, 2.05) is 0 Å². The fourth-order valence-corrected chi connectivity index (χ4v) is 4.13. The van der Waals surface area contributed by atoms with E-state index in [2.05, 4.69) is 4.74 Å². The summed E-state index contributed by atoms with van der Waals surface area (Å²) in [7, 11) is -7.95. The van der Waals surface area contributed by atoms with Crippen LogP contribution in [0, 0.1) is 0 Å². The van der Waals surface area contributed by atoms with Gasteiger partial charge in [-0.3, -0.25) is 9.59 Å². The van der Waals surface area contributed by atoms with E-state index in [0.717, 1.165) is 0 Å². The van der Waals surface area contributed by atoms with E-state index >= 15 is 0 Å². The number of hydrogen-bond acceptors (Lipinski definition) is 7. The molecule has 0 aromatic heterocycles. The van der Waals surface area contributed by atoms with Gasteiger partial charge in [-0.2, -0.15) is 0 Å². The summed E-state index contributed by atoms with van der Waals surface area (Å²) in [5.74, 6) is -4.79. The highest BCUT2D eigenvalue weighted by Crippen LogP contribution is 2.12. The molecule has 132 valence electrons. The van der Waals surface area contributed by atoms with E-state index in [1.54, 1.807) is 12.1 Å². The van der Waals surface area contributed by atoms with Crippen molar-refractivity contribution < 1.29 is 31.2 Å². The topological polar surface area (TPSA) is 112 Å². The zero-order valence-corrected chi connectivity index (χ0v) is 14.5. The van der Waals surface area contributed by atoms with Crippen molar-refractivity contribution in [3.8, 4) is 0 Å². The molecule has 0 heterocycles. The lowest BCUT2D eigenvalue weighted by molar-refractivity contribution is -0.155. The van der Waals surface area contributed by atoms with Gasteiger partial charge in [-0.1, -0.05) is 36.4 Å². The Kier molecular flexibility index (Phi) is 5.70. The zero-order valence-electron chi connectivity index (χ0n) is 12.9. The van der Waals surface area contributed by atoms with Crippen LogP contribution in [0.2, 0.25) is 0 Å². The lowest BCUT2D eigenvalue weighted by atomic mass is 10.4. The van der Waals surface area contributed by atoms with Crippen molar-refractivity contribution in [1.82, 2.24) is 0 Å². The predicted octanol–water partition coefficient (Wildman–Crippen LogP) is 1.00. The first-order valence-corrected chi connectivity index (χ1v) is 10.3. The first-order chi connectivity index (χ1) is 11.7. The minimum atomic E-state index is -3.98. The number of hydrogen-bond donors (Lipinski definition) is 0. The smallest absolute Gasteiger partial charge is 0.329 e. The number of esters is 2. The van der Waals surface area contributed by atoms with Gasteiger partial charge in [0, 0.05) is 0 Å². The largest absolute Gasteiger partial charge is 0.392 e. The number of sulfone groups is 2. The molecule has 0 atom stereocenters. The Bertz CT molecular complexity index is 882. The maximum atomic E-state index is 12.0. The minimum Gasteiger partial charge on any atom is -0.392 e. The molecule has 0 aliphatic rings. The molecule has 0 saturated heterocycles. The van der Waals surface area contributed by atoms with Crippen LogP contribution in [0.3, 0.4) is 0 Å². The highest BCUT2D eigenvalue weighted by Gasteiger charge is 2.25. The van der Waals surface area contributed by atoms with Crippen LogP contribution >= 0.6 is 0 Å². The molecule has 2 aromatic rings. The molecule has 0 spiro atoms. The number of carbonyl (C=O) groups is 2. The summed E-state index contributed by atoms with van der Waals surface area (Å²) in [5.41, 5.74) is 0. The van der Waals surface area contributed by atoms with Crippen LogP contribution in [0.15, 0.2) is 70.5 Å². The third kappa shape index (κ3) is 5.23. The first-order valence-electron chi connectivity index (χ1n) is 7.00. The van der Waals surface area contributed by atoms with Gasteiger partial charge in [0.15, 0.2) is 31.2 Å². The number of rotatable bonds is 6. The first kappa shape index (κ1) is 18.8. The Balaban J connectivity index is 2.00. The standard InChI is InChI=1S/C16H14O7S2/c17-15(11-24(19,20)13-7-3-1-4-8-13)23-16(18)12-25(21,22)14-9-5-2-6-10-14/h1-10H,11-12H2. The van der Waals surface area contributed by atoms with Crippen LogP contribution in [0.4, 0.5) is 0 Å². The Labute approximate surface area is 145 Å². The van der Waals surface area contributed by atoms with Gasteiger partial charge >= 0.3 is 11.9 Å². The van der Waals surface area contributed by atoms with Crippen molar-refractivity contribution in [3.05, 3.63) is 60.7 Å². The Morgan fingerprint density at radius 1 is 0.640 bits per heavy atom. The Morgan fingerprint density at radius 2 is 0.960 bits per heavy atom. The second kappa shape index (κ2) is 7.58. The van der Waals surface area contributed by atoms with E-state index in [4.69, 9.17) is 0 Å². The number of benzene rings is 2. The van der Waals surface area contributed by atoms with Gasteiger partial charge in [0.05, 0.1) is 9.79 Å².